The van der Waals surface area contributed by atoms with Gasteiger partial charge in [-0.15, -0.1) is 10.2 Å². The van der Waals surface area contributed by atoms with Crippen molar-refractivity contribution in [2.24, 2.45) is 0 Å². The third-order valence-corrected chi connectivity index (χ3v) is 3.69. The molecule has 0 aliphatic carbocycles. The molecule has 0 spiro atoms. The van der Waals surface area contributed by atoms with Crippen LogP contribution in [0.5, 0.6) is 0 Å². The van der Waals surface area contributed by atoms with E-state index in [4.69, 9.17) is 8.83 Å². The van der Waals surface area contributed by atoms with Crippen molar-refractivity contribution in [3.63, 3.8) is 0 Å². The lowest BCUT2D eigenvalue weighted by Crippen LogP contribution is -2.30. The summed E-state index contributed by atoms with van der Waals surface area (Å²) >= 11 is 0. The molecule has 6 nitrogen and oxygen atoms in total. The average Bonchev–Trinajstić information content (AvgIpc) is 3.16. The first-order valence-corrected chi connectivity index (χ1v) is 7.71. The summed E-state index contributed by atoms with van der Waals surface area (Å²) in [5.41, 5.74) is 1.40. The molecule has 3 aromatic rings. The number of hydrogen-bond donors (Lipinski definition) is 0. The van der Waals surface area contributed by atoms with Crippen molar-refractivity contribution in [3.05, 3.63) is 47.4 Å². The lowest BCUT2D eigenvalue weighted by molar-refractivity contribution is 0.0738. The maximum absolute atomic E-state index is 12.7. The second-order valence-electron chi connectivity index (χ2n) is 5.37. The third-order valence-electron chi connectivity index (χ3n) is 3.69. The predicted molar refractivity (Wildman–Crippen MR) is 85.0 cm³/mol. The van der Waals surface area contributed by atoms with Gasteiger partial charge in [0.2, 0.25) is 11.8 Å². The molecule has 0 aliphatic rings. The number of hydrogen-bond acceptors (Lipinski definition) is 5. The van der Waals surface area contributed by atoms with Crippen LogP contribution in [0.4, 0.5) is 0 Å². The van der Waals surface area contributed by atoms with E-state index in [1.54, 1.807) is 11.0 Å². The number of rotatable bonds is 5. The van der Waals surface area contributed by atoms with Gasteiger partial charge >= 0.3 is 0 Å². The van der Waals surface area contributed by atoms with E-state index in [1.807, 2.05) is 39.0 Å². The molecule has 0 radical (unpaired) electrons. The van der Waals surface area contributed by atoms with Crippen molar-refractivity contribution in [1.82, 2.24) is 15.1 Å². The lowest BCUT2D eigenvalue weighted by atomic mass is 10.1. The molecule has 0 N–H and O–H groups in total. The summed E-state index contributed by atoms with van der Waals surface area (Å²) in [5, 5.41) is 8.84. The number of amides is 1. The summed E-state index contributed by atoms with van der Waals surface area (Å²) in [4.78, 5) is 14.4. The van der Waals surface area contributed by atoms with Crippen LogP contribution < -0.4 is 0 Å². The highest BCUT2D eigenvalue weighted by Crippen LogP contribution is 2.21. The van der Waals surface area contributed by atoms with E-state index in [1.165, 1.54) is 0 Å². The molecule has 0 saturated heterocycles. The van der Waals surface area contributed by atoms with Gasteiger partial charge in [0.1, 0.15) is 11.3 Å². The van der Waals surface area contributed by atoms with Crippen LogP contribution in [0.25, 0.3) is 11.0 Å². The van der Waals surface area contributed by atoms with Gasteiger partial charge in [-0.3, -0.25) is 4.79 Å². The Hall–Kier alpha value is -2.63. The van der Waals surface area contributed by atoms with E-state index in [-0.39, 0.29) is 5.91 Å². The van der Waals surface area contributed by atoms with E-state index in [0.29, 0.717) is 36.9 Å². The van der Waals surface area contributed by atoms with Gasteiger partial charge in [-0.2, -0.15) is 0 Å². The van der Waals surface area contributed by atoms with Crippen LogP contribution in [-0.4, -0.2) is 27.5 Å². The molecule has 0 saturated carbocycles. The van der Waals surface area contributed by atoms with E-state index in [2.05, 4.69) is 10.2 Å². The molecule has 1 amide bonds. The minimum absolute atomic E-state index is 0.0653. The largest absolute Gasteiger partial charge is 0.461 e. The van der Waals surface area contributed by atoms with Crippen molar-refractivity contribution >= 4 is 16.9 Å². The average molecular weight is 313 g/mol. The molecule has 0 fully saturated rings. The van der Waals surface area contributed by atoms with Gasteiger partial charge in [-0.05, 0) is 38.1 Å². The highest BCUT2D eigenvalue weighted by atomic mass is 16.4. The maximum Gasteiger partial charge on any atom is 0.254 e. The maximum atomic E-state index is 12.7. The molecule has 0 aliphatic heterocycles. The molecule has 3 rings (SSSR count). The summed E-state index contributed by atoms with van der Waals surface area (Å²) in [5.74, 6) is 1.80. The van der Waals surface area contributed by atoms with Crippen LogP contribution in [0, 0.1) is 6.92 Å². The third kappa shape index (κ3) is 3.11. The minimum atomic E-state index is -0.0653. The number of nitrogens with zero attached hydrogens (tertiary/aromatic N) is 3. The second kappa shape index (κ2) is 6.24. The fourth-order valence-electron chi connectivity index (χ4n) is 2.48. The van der Waals surface area contributed by atoms with Crippen molar-refractivity contribution < 1.29 is 13.6 Å². The normalized spacial score (nSPS) is 11.1. The Kier molecular flexibility index (Phi) is 4.14. The van der Waals surface area contributed by atoms with Crippen molar-refractivity contribution in [1.29, 1.82) is 0 Å². The zero-order valence-corrected chi connectivity index (χ0v) is 13.5. The highest BCUT2D eigenvalue weighted by Gasteiger charge is 2.18. The second-order valence-corrected chi connectivity index (χ2v) is 5.37. The fourth-order valence-corrected chi connectivity index (χ4v) is 2.48. The van der Waals surface area contributed by atoms with Crippen molar-refractivity contribution in [2.75, 3.05) is 6.54 Å². The number of aryl methyl sites for hydroxylation is 2. The van der Waals surface area contributed by atoms with Gasteiger partial charge in [-0.25, -0.2) is 0 Å². The summed E-state index contributed by atoms with van der Waals surface area (Å²) in [6, 6.07) is 7.38. The Morgan fingerprint density at radius 1 is 1.13 bits per heavy atom. The van der Waals surface area contributed by atoms with Crippen LogP contribution >= 0.6 is 0 Å². The van der Waals surface area contributed by atoms with Gasteiger partial charge in [0.05, 0.1) is 6.54 Å². The Morgan fingerprint density at radius 3 is 2.61 bits per heavy atom. The Balaban J connectivity index is 1.82. The predicted octanol–water partition coefficient (Wildman–Crippen LogP) is 3.35. The first kappa shape index (κ1) is 15.3. The highest BCUT2D eigenvalue weighted by molar-refractivity contribution is 5.97. The number of fused-ring (bicyclic) bond motifs is 1. The Morgan fingerprint density at radius 2 is 1.91 bits per heavy atom. The van der Waals surface area contributed by atoms with Crippen LogP contribution in [0.1, 0.15) is 41.7 Å². The standard InChI is InChI=1S/C17H19N3O3/c1-4-15-18-19-16(23-15)10-20(5-2)17(21)12-6-7-14-13(9-12)8-11(3)22-14/h6-9H,4-5,10H2,1-3H3. The van der Waals surface area contributed by atoms with Crippen molar-refractivity contribution in [3.8, 4) is 0 Å². The molecule has 120 valence electrons. The van der Waals surface area contributed by atoms with Gasteiger partial charge in [0.25, 0.3) is 5.91 Å². The molecular weight excluding hydrogens is 294 g/mol. The number of carbonyl (C=O) groups is 1. The summed E-state index contributed by atoms with van der Waals surface area (Å²) < 4.78 is 11.0. The number of aromatic nitrogens is 2. The molecule has 2 aromatic heterocycles. The van der Waals surface area contributed by atoms with Gasteiger partial charge < -0.3 is 13.7 Å². The van der Waals surface area contributed by atoms with Gasteiger partial charge in [0.15, 0.2) is 0 Å². The van der Waals surface area contributed by atoms with Crippen LogP contribution in [0.15, 0.2) is 33.1 Å². The summed E-state index contributed by atoms with van der Waals surface area (Å²) in [6.07, 6.45) is 0.684. The zero-order chi connectivity index (χ0) is 16.4. The van der Waals surface area contributed by atoms with E-state index in [0.717, 1.165) is 16.7 Å². The monoisotopic (exact) mass is 313 g/mol. The van der Waals surface area contributed by atoms with E-state index < -0.39 is 0 Å². The molecule has 0 unspecified atom stereocenters. The molecule has 0 atom stereocenters. The Bertz CT molecular complexity index is 835. The summed E-state index contributed by atoms with van der Waals surface area (Å²) in [7, 11) is 0. The first-order valence-electron chi connectivity index (χ1n) is 7.71. The lowest BCUT2D eigenvalue weighted by Gasteiger charge is -2.18. The SMILES string of the molecule is CCc1nnc(CN(CC)C(=O)c2ccc3oc(C)cc3c2)o1. The zero-order valence-electron chi connectivity index (χ0n) is 13.5. The molecule has 2 heterocycles. The van der Waals surface area contributed by atoms with Gasteiger partial charge in [-0.1, -0.05) is 6.92 Å². The molecule has 23 heavy (non-hydrogen) atoms. The number of carbonyl (C=O) groups excluding carboxylic acids is 1. The first-order chi connectivity index (χ1) is 11.1. The smallest absolute Gasteiger partial charge is 0.254 e. The molecule has 0 bridgehead atoms. The van der Waals surface area contributed by atoms with Crippen LogP contribution in [0.2, 0.25) is 0 Å². The molecule has 6 heteroatoms. The number of benzene rings is 1. The van der Waals surface area contributed by atoms with Crippen LogP contribution in [0.3, 0.4) is 0 Å². The van der Waals surface area contributed by atoms with Crippen molar-refractivity contribution in [2.45, 2.75) is 33.7 Å². The number of furan rings is 1. The quantitative estimate of drug-likeness (QED) is 0.722. The van der Waals surface area contributed by atoms with E-state index >= 15 is 0 Å². The molecule has 1 aromatic carbocycles. The minimum Gasteiger partial charge on any atom is -0.461 e. The topological polar surface area (TPSA) is 72.4 Å². The fraction of sp³-hybridized carbons (Fsp3) is 0.353. The van der Waals surface area contributed by atoms with Crippen LogP contribution in [-0.2, 0) is 13.0 Å². The molecular formula is C17H19N3O3. The Labute approximate surface area is 134 Å². The summed E-state index contributed by atoms with van der Waals surface area (Å²) in [6.45, 7) is 6.63. The van der Waals surface area contributed by atoms with E-state index in [9.17, 15) is 4.79 Å². The van der Waals surface area contributed by atoms with Gasteiger partial charge in [0, 0.05) is 23.9 Å².